The zero-order chi connectivity index (χ0) is 17.6. The number of halogens is 1. The number of hydrogen-bond acceptors (Lipinski definition) is 5. The fourth-order valence-corrected chi connectivity index (χ4v) is 2.21. The Morgan fingerprint density at radius 3 is 2.56 bits per heavy atom. The van der Waals surface area contributed by atoms with Crippen LogP contribution in [-0.2, 0) is 11.4 Å². The second-order valence-electron chi connectivity index (χ2n) is 5.13. The maximum atomic E-state index is 5.86. The molecule has 0 atom stereocenters. The van der Waals surface area contributed by atoms with Crippen molar-refractivity contribution in [3.63, 3.8) is 0 Å². The third-order valence-corrected chi connectivity index (χ3v) is 3.66. The van der Waals surface area contributed by atoms with Crippen LogP contribution in [0.15, 0.2) is 64.4 Å². The van der Waals surface area contributed by atoms with Crippen LogP contribution in [0.1, 0.15) is 11.3 Å². The molecule has 0 amide bonds. The smallest absolute Gasteiger partial charge is 0.226 e. The molecule has 7 heteroatoms. The van der Waals surface area contributed by atoms with Crippen molar-refractivity contribution >= 4 is 17.4 Å². The highest BCUT2D eigenvalue weighted by molar-refractivity contribution is 6.30. The van der Waals surface area contributed by atoms with E-state index in [-0.39, 0.29) is 12.4 Å². The molecule has 0 saturated heterocycles. The molecule has 2 N–H and O–H groups in total. The molecule has 0 saturated carbocycles. The van der Waals surface area contributed by atoms with Crippen LogP contribution in [0.25, 0.3) is 11.5 Å². The minimum Gasteiger partial charge on any atom is -0.497 e. The van der Waals surface area contributed by atoms with Crippen molar-refractivity contribution in [1.82, 2.24) is 4.98 Å². The number of benzene rings is 2. The van der Waals surface area contributed by atoms with E-state index in [1.807, 2.05) is 24.3 Å². The summed E-state index contributed by atoms with van der Waals surface area (Å²) in [6.07, 6.45) is 1.52. The lowest BCUT2D eigenvalue weighted by Crippen LogP contribution is -2.13. The van der Waals surface area contributed by atoms with Gasteiger partial charge in [-0.25, -0.2) is 4.98 Å². The molecule has 3 aromatic rings. The minimum atomic E-state index is 0.147. The van der Waals surface area contributed by atoms with Crippen LogP contribution in [0, 0.1) is 0 Å². The number of rotatable bonds is 6. The van der Waals surface area contributed by atoms with Crippen molar-refractivity contribution in [2.45, 2.75) is 6.61 Å². The summed E-state index contributed by atoms with van der Waals surface area (Å²) in [4.78, 5) is 9.60. The Morgan fingerprint density at radius 1 is 1.16 bits per heavy atom. The second-order valence-corrected chi connectivity index (χ2v) is 5.57. The summed E-state index contributed by atoms with van der Waals surface area (Å²) < 4.78 is 10.6. The number of nitrogens with two attached hydrogens (primary N) is 1. The fourth-order valence-electron chi connectivity index (χ4n) is 2.08. The molecule has 0 bridgehead atoms. The fraction of sp³-hybridized carbons (Fsp3) is 0.111. The van der Waals surface area contributed by atoms with Crippen molar-refractivity contribution < 1.29 is 14.0 Å². The number of amidine groups is 1. The summed E-state index contributed by atoms with van der Waals surface area (Å²) in [7, 11) is 1.62. The van der Waals surface area contributed by atoms with E-state index in [9.17, 15) is 0 Å². The van der Waals surface area contributed by atoms with Gasteiger partial charge >= 0.3 is 0 Å². The molecule has 25 heavy (non-hydrogen) atoms. The molecular formula is C18H16ClN3O3. The first-order valence-electron chi connectivity index (χ1n) is 7.46. The number of methoxy groups -OCH3 is 1. The van der Waals surface area contributed by atoms with Gasteiger partial charge in [0.05, 0.1) is 7.11 Å². The third-order valence-electron chi connectivity index (χ3n) is 3.40. The van der Waals surface area contributed by atoms with Gasteiger partial charge in [-0.15, -0.1) is 0 Å². The monoisotopic (exact) mass is 357 g/mol. The molecule has 0 radical (unpaired) electrons. The van der Waals surface area contributed by atoms with E-state index in [1.54, 1.807) is 31.4 Å². The summed E-state index contributed by atoms with van der Waals surface area (Å²) in [6, 6.07) is 14.4. The molecule has 2 aromatic carbocycles. The maximum Gasteiger partial charge on any atom is 0.226 e. The van der Waals surface area contributed by atoms with E-state index in [0.29, 0.717) is 16.6 Å². The number of ether oxygens (including phenoxy) is 1. The maximum absolute atomic E-state index is 5.86. The van der Waals surface area contributed by atoms with Gasteiger partial charge in [0.25, 0.3) is 0 Å². The van der Waals surface area contributed by atoms with Gasteiger partial charge in [0.1, 0.15) is 17.7 Å². The molecule has 6 nitrogen and oxygen atoms in total. The van der Waals surface area contributed by atoms with Crippen molar-refractivity contribution in [2.24, 2.45) is 10.9 Å². The van der Waals surface area contributed by atoms with Crippen LogP contribution in [-0.4, -0.2) is 17.9 Å². The van der Waals surface area contributed by atoms with E-state index in [4.69, 9.17) is 31.3 Å². The minimum absolute atomic E-state index is 0.147. The largest absolute Gasteiger partial charge is 0.497 e. The van der Waals surface area contributed by atoms with Crippen molar-refractivity contribution in [3.8, 4) is 17.2 Å². The lowest BCUT2D eigenvalue weighted by molar-refractivity contribution is 0.127. The van der Waals surface area contributed by atoms with Crippen LogP contribution < -0.4 is 10.5 Å². The Kier molecular flexibility index (Phi) is 5.20. The van der Waals surface area contributed by atoms with Crippen LogP contribution >= 0.6 is 11.6 Å². The molecule has 0 spiro atoms. The first-order valence-corrected chi connectivity index (χ1v) is 7.83. The summed E-state index contributed by atoms with van der Waals surface area (Å²) in [5.74, 6) is 1.53. The van der Waals surface area contributed by atoms with Gasteiger partial charge in [0.15, 0.2) is 12.4 Å². The molecule has 0 fully saturated rings. The Morgan fingerprint density at radius 2 is 1.88 bits per heavy atom. The normalized spacial score (nSPS) is 11.4. The highest BCUT2D eigenvalue weighted by Crippen LogP contribution is 2.22. The Labute approximate surface area is 149 Å². The summed E-state index contributed by atoms with van der Waals surface area (Å²) in [5, 5.41) is 4.51. The van der Waals surface area contributed by atoms with E-state index in [2.05, 4.69) is 10.1 Å². The summed E-state index contributed by atoms with van der Waals surface area (Å²) in [6.45, 7) is 0.147. The van der Waals surface area contributed by atoms with Crippen molar-refractivity contribution in [1.29, 1.82) is 0 Å². The Balaban J connectivity index is 1.61. The Bertz CT molecular complexity index is 858. The quantitative estimate of drug-likeness (QED) is 0.411. The van der Waals surface area contributed by atoms with E-state index in [1.165, 1.54) is 6.26 Å². The number of oxime groups is 1. The lowest BCUT2D eigenvalue weighted by Gasteiger charge is -2.01. The third kappa shape index (κ3) is 4.30. The van der Waals surface area contributed by atoms with Gasteiger partial charge in [-0.1, -0.05) is 16.8 Å². The predicted molar refractivity (Wildman–Crippen MR) is 95.5 cm³/mol. The van der Waals surface area contributed by atoms with Gasteiger partial charge in [-0.3, -0.25) is 0 Å². The van der Waals surface area contributed by atoms with Crippen LogP contribution in [0.5, 0.6) is 5.75 Å². The van der Waals surface area contributed by atoms with E-state index in [0.717, 1.165) is 16.9 Å². The van der Waals surface area contributed by atoms with Crippen LogP contribution in [0.3, 0.4) is 0 Å². The van der Waals surface area contributed by atoms with Gasteiger partial charge < -0.3 is 19.7 Å². The highest BCUT2D eigenvalue weighted by atomic mass is 35.5. The molecule has 1 heterocycles. The molecule has 0 aliphatic rings. The average molecular weight is 358 g/mol. The van der Waals surface area contributed by atoms with Gasteiger partial charge in [-0.2, -0.15) is 0 Å². The Hall–Kier alpha value is -2.99. The molecule has 128 valence electrons. The number of aromatic nitrogens is 1. The standard InChI is InChI=1S/C18H16ClN3O3/c1-23-16-8-4-13(5-9-16)18-21-15(10-24-18)11-25-22-17(20)12-2-6-14(19)7-3-12/h2-10H,11H2,1H3,(H2,20,22). The molecule has 1 aromatic heterocycles. The van der Waals surface area contributed by atoms with Crippen molar-refractivity contribution in [2.75, 3.05) is 7.11 Å². The zero-order valence-electron chi connectivity index (χ0n) is 13.5. The van der Waals surface area contributed by atoms with Crippen LogP contribution in [0.4, 0.5) is 0 Å². The predicted octanol–water partition coefficient (Wildman–Crippen LogP) is 3.84. The van der Waals surface area contributed by atoms with Gasteiger partial charge in [0.2, 0.25) is 5.89 Å². The summed E-state index contributed by atoms with van der Waals surface area (Å²) >= 11 is 5.83. The van der Waals surface area contributed by atoms with E-state index >= 15 is 0 Å². The second kappa shape index (κ2) is 7.72. The van der Waals surface area contributed by atoms with Gasteiger partial charge in [0, 0.05) is 16.1 Å². The number of oxazole rings is 1. The summed E-state index contributed by atoms with van der Waals surface area (Å²) in [5.41, 5.74) is 8.04. The van der Waals surface area contributed by atoms with Crippen LogP contribution in [0.2, 0.25) is 5.02 Å². The lowest BCUT2D eigenvalue weighted by atomic mass is 10.2. The topological polar surface area (TPSA) is 82.9 Å². The van der Waals surface area contributed by atoms with Gasteiger partial charge in [-0.05, 0) is 48.5 Å². The molecule has 3 rings (SSSR count). The average Bonchev–Trinajstić information content (AvgIpc) is 3.11. The molecule has 0 aliphatic carbocycles. The molecular weight excluding hydrogens is 342 g/mol. The first-order chi connectivity index (χ1) is 12.2. The first kappa shape index (κ1) is 16.9. The highest BCUT2D eigenvalue weighted by Gasteiger charge is 2.07. The zero-order valence-corrected chi connectivity index (χ0v) is 14.2. The van der Waals surface area contributed by atoms with E-state index < -0.39 is 0 Å². The van der Waals surface area contributed by atoms with Crippen molar-refractivity contribution in [3.05, 3.63) is 71.1 Å². The number of hydrogen-bond donors (Lipinski definition) is 1. The number of nitrogens with zero attached hydrogens (tertiary/aromatic N) is 2. The molecule has 0 aliphatic heterocycles. The SMILES string of the molecule is COc1ccc(-c2nc(CO/N=C(\N)c3ccc(Cl)cc3)co2)cc1. The molecule has 0 unspecified atom stereocenters.